The highest BCUT2D eigenvalue weighted by Crippen LogP contribution is 2.57. The van der Waals surface area contributed by atoms with E-state index in [9.17, 15) is 5.26 Å². The van der Waals surface area contributed by atoms with Gasteiger partial charge in [0.05, 0.1) is 18.2 Å². The van der Waals surface area contributed by atoms with Gasteiger partial charge in [-0.15, -0.1) is 0 Å². The fourth-order valence-electron chi connectivity index (χ4n) is 10.3. The Kier molecular flexibility index (Phi) is 6.08. The van der Waals surface area contributed by atoms with E-state index in [0.29, 0.717) is 11.3 Å². The zero-order chi connectivity index (χ0) is 37.4. The van der Waals surface area contributed by atoms with E-state index in [0.717, 1.165) is 22.3 Å². The quantitative estimate of drug-likeness (QED) is 0.130. The molecule has 0 spiro atoms. The fourth-order valence-corrected chi connectivity index (χ4v) is 10.3. The third kappa shape index (κ3) is 4.03. The van der Waals surface area contributed by atoms with Crippen molar-refractivity contribution in [3.63, 3.8) is 0 Å². The van der Waals surface area contributed by atoms with Gasteiger partial charge < -0.3 is 0 Å². The Labute approximate surface area is 324 Å². The SMILES string of the molecule is [C-]#[N+]c1cc(C)cc(-c2c3c(cc4c2ccc2c5cc6c(c(-c7cc(C)cc(C#N)c7)c5ccc42)-c2cccc4cccc-6c24)-c2cccc4cccc-3c24)c1. The Balaban J connectivity index is 1.24. The van der Waals surface area contributed by atoms with E-state index in [-0.39, 0.29) is 0 Å². The molecule has 256 valence electrons. The van der Waals surface area contributed by atoms with E-state index in [4.69, 9.17) is 6.57 Å². The lowest BCUT2D eigenvalue weighted by Gasteiger charge is -2.20. The molecule has 2 aliphatic rings. The second-order valence-electron chi connectivity index (χ2n) is 15.6. The van der Waals surface area contributed by atoms with Crippen LogP contribution in [0.5, 0.6) is 0 Å². The fraction of sp³-hybridized carbons (Fsp3) is 0.0370. The first-order valence-corrected chi connectivity index (χ1v) is 19.1. The van der Waals surface area contributed by atoms with Crippen molar-refractivity contribution in [3.05, 3.63) is 174 Å². The summed E-state index contributed by atoms with van der Waals surface area (Å²) in [5.41, 5.74) is 17.9. The molecule has 2 heteroatoms. The van der Waals surface area contributed by atoms with Gasteiger partial charge in [-0.05, 0) is 170 Å². The molecule has 10 aromatic carbocycles. The van der Waals surface area contributed by atoms with Crippen LogP contribution in [0.25, 0.3) is 125 Å². The summed E-state index contributed by atoms with van der Waals surface area (Å²) in [6.45, 7) is 12.1. The van der Waals surface area contributed by atoms with Crippen molar-refractivity contribution in [2.75, 3.05) is 0 Å². The summed E-state index contributed by atoms with van der Waals surface area (Å²) in [4.78, 5) is 3.89. The summed E-state index contributed by atoms with van der Waals surface area (Å²) in [7, 11) is 0. The van der Waals surface area contributed by atoms with Gasteiger partial charge >= 0.3 is 0 Å². The maximum Gasteiger partial charge on any atom is 0.188 e. The molecule has 2 aliphatic carbocycles. The number of hydrogen-bond acceptors (Lipinski definition) is 1. The number of hydrogen-bond donors (Lipinski definition) is 0. The maximum absolute atomic E-state index is 10.1. The maximum atomic E-state index is 10.1. The Morgan fingerprint density at radius 3 is 1.39 bits per heavy atom. The Hall–Kier alpha value is -7.52. The van der Waals surface area contributed by atoms with E-state index in [2.05, 4.69) is 158 Å². The molecule has 0 N–H and O–H groups in total. The minimum Gasteiger partial charge on any atom is -0.238 e. The average Bonchev–Trinajstić information content (AvgIpc) is 3.72. The van der Waals surface area contributed by atoms with Crippen molar-refractivity contribution in [1.29, 1.82) is 5.26 Å². The molecule has 0 aromatic heterocycles. The van der Waals surface area contributed by atoms with Crippen LogP contribution in [0.1, 0.15) is 16.7 Å². The Morgan fingerprint density at radius 2 is 0.893 bits per heavy atom. The zero-order valence-corrected chi connectivity index (χ0v) is 30.8. The van der Waals surface area contributed by atoms with Gasteiger partial charge in [0.1, 0.15) is 0 Å². The van der Waals surface area contributed by atoms with Crippen molar-refractivity contribution in [2.24, 2.45) is 0 Å². The highest BCUT2D eigenvalue weighted by molar-refractivity contribution is 6.30. The lowest BCUT2D eigenvalue weighted by Crippen LogP contribution is -1.93. The molecule has 0 saturated heterocycles. The molecule has 56 heavy (non-hydrogen) atoms. The summed E-state index contributed by atoms with van der Waals surface area (Å²) in [6.07, 6.45) is 0. The van der Waals surface area contributed by atoms with Crippen LogP contribution >= 0.6 is 0 Å². The van der Waals surface area contributed by atoms with Gasteiger partial charge in [0.15, 0.2) is 5.69 Å². The monoisotopic (exact) mass is 706 g/mol. The molecule has 0 heterocycles. The van der Waals surface area contributed by atoms with Crippen molar-refractivity contribution in [3.8, 4) is 72.8 Å². The van der Waals surface area contributed by atoms with E-state index >= 15 is 0 Å². The normalized spacial score (nSPS) is 12.1. The first kappa shape index (κ1) is 30.9. The molecule has 0 amide bonds. The molecule has 12 rings (SSSR count). The van der Waals surface area contributed by atoms with Gasteiger partial charge in [0, 0.05) is 0 Å². The molecule has 0 saturated carbocycles. The zero-order valence-electron chi connectivity index (χ0n) is 30.8. The summed E-state index contributed by atoms with van der Waals surface area (Å²) >= 11 is 0. The second kappa shape index (κ2) is 11.0. The number of aryl methyl sites for hydroxylation is 2. The van der Waals surface area contributed by atoms with Crippen LogP contribution in [-0.4, -0.2) is 0 Å². The van der Waals surface area contributed by atoms with Gasteiger partial charge in [-0.3, -0.25) is 0 Å². The van der Waals surface area contributed by atoms with Gasteiger partial charge in [0.2, 0.25) is 0 Å². The molecule has 0 bridgehead atoms. The first-order chi connectivity index (χ1) is 27.5. The average molecular weight is 707 g/mol. The van der Waals surface area contributed by atoms with Crippen molar-refractivity contribution < 1.29 is 0 Å². The van der Waals surface area contributed by atoms with E-state index in [1.165, 1.54) is 109 Å². The molecule has 0 unspecified atom stereocenters. The summed E-state index contributed by atoms with van der Waals surface area (Å²) in [5, 5.41) is 22.3. The number of rotatable bonds is 2. The van der Waals surface area contributed by atoms with E-state index < -0.39 is 0 Å². The van der Waals surface area contributed by atoms with Crippen molar-refractivity contribution in [1.82, 2.24) is 0 Å². The number of benzene rings is 10. The van der Waals surface area contributed by atoms with Crippen molar-refractivity contribution in [2.45, 2.75) is 13.8 Å². The first-order valence-electron chi connectivity index (χ1n) is 19.1. The molecule has 0 fully saturated rings. The summed E-state index contributed by atoms with van der Waals surface area (Å²) in [6, 6.07) is 55.6. The molecule has 2 nitrogen and oxygen atoms in total. The number of fused-ring (bicyclic) bond motifs is 11. The standard InChI is InChI=1S/C54H30N2/c1-29-20-31(28-55)24-34(21-29)51-41-18-16-38-37(45(41)26-47-39-12-4-8-32-10-6-14-43(49(32)39)53(47)51)17-19-42-46(38)27-48-40-13-5-9-33-11-7-15-44(50(33)40)54(48)52(42)35-22-30(2)23-36(25-35)56-3/h4-27H,1-2H3. The third-order valence-electron chi connectivity index (χ3n) is 12.3. The molecule has 0 atom stereocenters. The van der Waals surface area contributed by atoms with Crippen LogP contribution in [0, 0.1) is 31.8 Å². The van der Waals surface area contributed by atoms with Crippen LogP contribution in [0.3, 0.4) is 0 Å². The van der Waals surface area contributed by atoms with Gasteiger partial charge in [-0.25, -0.2) is 4.85 Å². The van der Waals surface area contributed by atoms with Crippen molar-refractivity contribution >= 4 is 59.5 Å². The molecular formula is C54H30N2. The smallest absolute Gasteiger partial charge is 0.188 e. The van der Waals surface area contributed by atoms with Crippen LogP contribution in [0.15, 0.2) is 146 Å². The second-order valence-corrected chi connectivity index (χ2v) is 15.6. The molecular weight excluding hydrogens is 677 g/mol. The lowest BCUT2D eigenvalue weighted by molar-refractivity contribution is 1.42. The highest BCUT2D eigenvalue weighted by Gasteiger charge is 2.29. The number of nitriles is 1. The Morgan fingerprint density at radius 1 is 0.429 bits per heavy atom. The molecule has 10 aromatic rings. The predicted molar refractivity (Wildman–Crippen MR) is 234 cm³/mol. The van der Waals surface area contributed by atoms with Gasteiger partial charge in [0.25, 0.3) is 0 Å². The molecule has 0 aliphatic heterocycles. The van der Waals surface area contributed by atoms with Crippen LogP contribution in [0.4, 0.5) is 5.69 Å². The summed E-state index contributed by atoms with van der Waals surface area (Å²) < 4.78 is 0. The third-order valence-corrected chi connectivity index (χ3v) is 12.3. The van der Waals surface area contributed by atoms with Gasteiger partial charge in [-0.1, -0.05) is 121 Å². The van der Waals surface area contributed by atoms with Crippen LogP contribution in [-0.2, 0) is 0 Å². The minimum atomic E-state index is 0.652. The largest absolute Gasteiger partial charge is 0.238 e. The van der Waals surface area contributed by atoms with E-state index in [1.54, 1.807) is 0 Å². The van der Waals surface area contributed by atoms with Gasteiger partial charge in [-0.2, -0.15) is 5.26 Å². The predicted octanol–water partition coefficient (Wildman–Crippen LogP) is 15.1. The van der Waals surface area contributed by atoms with Crippen LogP contribution in [0.2, 0.25) is 0 Å². The molecule has 0 radical (unpaired) electrons. The lowest BCUT2D eigenvalue weighted by atomic mass is 9.83. The van der Waals surface area contributed by atoms with Crippen LogP contribution < -0.4 is 0 Å². The topological polar surface area (TPSA) is 28.1 Å². The Bertz CT molecular complexity index is 3320. The van der Waals surface area contributed by atoms with E-state index in [1.807, 2.05) is 12.1 Å². The highest BCUT2D eigenvalue weighted by atomic mass is 14.6. The minimum absolute atomic E-state index is 0.652. The summed E-state index contributed by atoms with van der Waals surface area (Å²) in [5.74, 6) is 0. The number of nitrogens with zero attached hydrogens (tertiary/aromatic N) is 2.